The maximum absolute atomic E-state index is 12.8. The Hall–Kier alpha value is -1.89. The third kappa shape index (κ3) is 5.04. The molecule has 0 saturated carbocycles. The van der Waals surface area contributed by atoms with Crippen molar-refractivity contribution in [2.24, 2.45) is 0 Å². The van der Waals surface area contributed by atoms with Gasteiger partial charge >= 0.3 is 0 Å². The van der Waals surface area contributed by atoms with Crippen molar-refractivity contribution in [3.05, 3.63) is 65.2 Å². The average molecular weight is 363 g/mol. The molecule has 5 nitrogen and oxygen atoms in total. The zero-order valence-electron chi connectivity index (χ0n) is 14.8. The molecule has 0 radical (unpaired) electrons. The predicted molar refractivity (Wildman–Crippen MR) is 98.9 cm³/mol. The monoisotopic (exact) mass is 363 g/mol. The summed E-state index contributed by atoms with van der Waals surface area (Å²) in [5, 5.41) is 8.48. The molecular formula is C19H25NO4S. The summed E-state index contributed by atoms with van der Waals surface area (Å²) in [5.74, 6) is 0.723. The van der Waals surface area contributed by atoms with Gasteiger partial charge in [-0.2, -0.15) is 4.31 Å². The standard InChI is InChI=1S/C19H25NO4S/c1-15-4-6-17(7-5-15)12-20(25(22,23)16(2)14-21)13-18-8-10-19(24-3)11-9-18/h4-11,16,21H,12-14H2,1-3H3/t16-/m0/s1. The summed E-state index contributed by atoms with van der Waals surface area (Å²) in [4.78, 5) is 0. The SMILES string of the molecule is COc1ccc(CN(Cc2ccc(C)cc2)S(=O)(=O)[C@@H](C)CO)cc1. The van der Waals surface area contributed by atoms with E-state index >= 15 is 0 Å². The van der Waals surface area contributed by atoms with Crippen LogP contribution >= 0.6 is 0 Å². The fourth-order valence-corrected chi connectivity index (χ4v) is 3.77. The van der Waals surface area contributed by atoms with Crippen LogP contribution in [0, 0.1) is 6.92 Å². The zero-order chi connectivity index (χ0) is 18.4. The van der Waals surface area contributed by atoms with Gasteiger partial charge in [-0.1, -0.05) is 42.0 Å². The summed E-state index contributed by atoms with van der Waals surface area (Å²) in [6.07, 6.45) is 0. The van der Waals surface area contributed by atoms with Crippen LogP contribution in [0.4, 0.5) is 0 Å². The number of methoxy groups -OCH3 is 1. The van der Waals surface area contributed by atoms with E-state index in [9.17, 15) is 13.5 Å². The highest BCUT2D eigenvalue weighted by molar-refractivity contribution is 7.89. The lowest BCUT2D eigenvalue weighted by atomic mass is 10.1. The Bertz CT molecular complexity index is 770. The highest BCUT2D eigenvalue weighted by atomic mass is 32.2. The number of aliphatic hydroxyl groups is 1. The predicted octanol–water partition coefficient (Wildman–Crippen LogP) is 2.72. The smallest absolute Gasteiger partial charge is 0.219 e. The molecule has 0 amide bonds. The summed E-state index contributed by atoms with van der Waals surface area (Å²) >= 11 is 0. The molecule has 1 N–H and O–H groups in total. The van der Waals surface area contributed by atoms with E-state index in [1.165, 1.54) is 11.2 Å². The minimum absolute atomic E-state index is 0.241. The van der Waals surface area contributed by atoms with Crippen LogP contribution in [0.5, 0.6) is 5.75 Å². The van der Waals surface area contributed by atoms with E-state index < -0.39 is 21.9 Å². The Kier molecular flexibility index (Phi) is 6.58. The average Bonchev–Trinajstić information content (AvgIpc) is 2.62. The number of benzene rings is 2. The summed E-state index contributed by atoms with van der Waals surface area (Å²) in [5.41, 5.74) is 2.89. The van der Waals surface area contributed by atoms with Crippen molar-refractivity contribution < 1.29 is 18.3 Å². The molecule has 0 aliphatic carbocycles. The Morgan fingerprint density at radius 1 is 1.00 bits per heavy atom. The molecule has 1 atom stereocenters. The molecule has 2 aromatic carbocycles. The topological polar surface area (TPSA) is 66.8 Å². The van der Waals surface area contributed by atoms with Gasteiger partial charge in [-0.15, -0.1) is 0 Å². The van der Waals surface area contributed by atoms with Crippen LogP contribution in [0.25, 0.3) is 0 Å². The van der Waals surface area contributed by atoms with Crippen LogP contribution in [0.3, 0.4) is 0 Å². The van der Waals surface area contributed by atoms with Crippen molar-refractivity contribution in [1.29, 1.82) is 0 Å². The van der Waals surface area contributed by atoms with Crippen LogP contribution in [0.2, 0.25) is 0 Å². The molecule has 0 fully saturated rings. The second kappa shape index (κ2) is 8.47. The number of rotatable bonds is 8. The van der Waals surface area contributed by atoms with E-state index in [0.29, 0.717) is 0 Å². The van der Waals surface area contributed by atoms with Crippen LogP contribution in [-0.4, -0.2) is 36.8 Å². The minimum atomic E-state index is -3.62. The molecule has 0 heterocycles. The van der Waals surface area contributed by atoms with Gasteiger partial charge < -0.3 is 9.84 Å². The van der Waals surface area contributed by atoms with Gasteiger partial charge in [0.05, 0.1) is 19.0 Å². The molecule has 0 aliphatic rings. The third-order valence-corrected chi connectivity index (χ3v) is 6.27. The maximum Gasteiger partial charge on any atom is 0.219 e. The quantitative estimate of drug-likeness (QED) is 0.783. The first-order valence-electron chi connectivity index (χ1n) is 8.15. The maximum atomic E-state index is 12.8. The summed E-state index contributed by atoms with van der Waals surface area (Å²) < 4.78 is 32.2. The zero-order valence-corrected chi connectivity index (χ0v) is 15.7. The van der Waals surface area contributed by atoms with Gasteiger partial charge in [0, 0.05) is 13.1 Å². The number of aryl methyl sites for hydroxylation is 1. The van der Waals surface area contributed by atoms with Crippen molar-refractivity contribution in [3.8, 4) is 5.75 Å². The minimum Gasteiger partial charge on any atom is -0.497 e. The summed E-state index contributed by atoms with van der Waals surface area (Å²) in [7, 11) is -2.03. The second-order valence-electron chi connectivity index (χ2n) is 6.14. The number of aliphatic hydroxyl groups excluding tert-OH is 1. The lowest BCUT2D eigenvalue weighted by Crippen LogP contribution is -2.38. The molecule has 0 unspecified atom stereocenters. The Balaban J connectivity index is 2.28. The normalized spacial score (nSPS) is 13.0. The van der Waals surface area contributed by atoms with E-state index in [0.717, 1.165) is 22.4 Å². The highest BCUT2D eigenvalue weighted by Gasteiger charge is 2.28. The van der Waals surface area contributed by atoms with E-state index in [2.05, 4.69) is 0 Å². The van der Waals surface area contributed by atoms with Gasteiger partial charge in [0.15, 0.2) is 0 Å². The number of hydrogen-bond donors (Lipinski definition) is 1. The lowest BCUT2D eigenvalue weighted by Gasteiger charge is -2.25. The molecule has 2 aromatic rings. The lowest BCUT2D eigenvalue weighted by molar-refractivity contribution is 0.287. The first-order chi connectivity index (χ1) is 11.9. The van der Waals surface area contributed by atoms with Gasteiger partial charge in [0.25, 0.3) is 0 Å². The molecule has 0 spiro atoms. The third-order valence-electron chi connectivity index (χ3n) is 4.12. The first kappa shape index (κ1) is 19.4. The first-order valence-corrected chi connectivity index (χ1v) is 9.65. The molecule has 0 bridgehead atoms. The number of nitrogens with zero attached hydrogens (tertiary/aromatic N) is 1. The molecular weight excluding hydrogens is 338 g/mol. The van der Waals surface area contributed by atoms with E-state index in [1.54, 1.807) is 7.11 Å². The molecule has 0 saturated heterocycles. The van der Waals surface area contributed by atoms with Gasteiger partial charge in [-0.25, -0.2) is 8.42 Å². The van der Waals surface area contributed by atoms with Crippen molar-refractivity contribution in [3.63, 3.8) is 0 Å². The summed E-state index contributed by atoms with van der Waals surface area (Å²) in [6.45, 7) is 3.61. The van der Waals surface area contributed by atoms with Crippen molar-refractivity contribution >= 4 is 10.0 Å². The largest absolute Gasteiger partial charge is 0.497 e. The second-order valence-corrected chi connectivity index (χ2v) is 8.49. The van der Waals surface area contributed by atoms with Crippen molar-refractivity contribution in [2.75, 3.05) is 13.7 Å². The van der Waals surface area contributed by atoms with Gasteiger partial charge in [0.1, 0.15) is 5.75 Å². The van der Waals surface area contributed by atoms with Crippen LogP contribution < -0.4 is 4.74 Å². The summed E-state index contributed by atoms with van der Waals surface area (Å²) in [6, 6.07) is 15.1. The van der Waals surface area contributed by atoms with Crippen LogP contribution in [-0.2, 0) is 23.1 Å². The van der Waals surface area contributed by atoms with Crippen molar-refractivity contribution in [1.82, 2.24) is 4.31 Å². The Morgan fingerprint density at radius 3 is 1.92 bits per heavy atom. The molecule has 136 valence electrons. The molecule has 6 heteroatoms. The molecule has 0 aliphatic heterocycles. The van der Waals surface area contributed by atoms with E-state index in [4.69, 9.17) is 4.74 Å². The van der Waals surface area contributed by atoms with E-state index in [1.807, 2.05) is 55.5 Å². The Labute approximate surface area is 149 Å². The van der Waals surface area contributed by atoms with E-state index in [-0.39, 0.29) is 13.1 Å². The Morgan fingerprint density at radius 2 is 1.48 bits per heavy atom. The molecule has 25 heavy (non-hydrogen) atoms. The number of hydrogen-bond acceptors (Lipinski definition) is 4. The fourth-order valence-electron chi connectivity index (χ4n) is 2.42. The van der Waals surface area contributed by atoms with Gasteiger partial charge in [-0.05, 0) is 37.1 Å². The molecule has 2 rings (SSSR count). The van der Waals surface area contributed by atoms with Crippen molar-refractivity contribution in [2.45, 2.75) is 32.2 Å². The molecule has 0 aromatic heterocycles. The highest BCUT2D eigenvalue weighted by Crippen LogP contribution is 2.20. The number of sulfonamides is 1. The van der Waals surface area contributed by atoms with Crippen LogP contribution in [0.1, 0.15) is 23.6 Å². The number of ether oxygens (including phenoxy) is 1. The fraction of sp³-hybridized carbons (Fsp3) is 0.368. The van der Waals surface area contributed by atoms with Gasteiger partial charge in [0.2, 0.25) is 10.0 Å². The van der Waals surface area contributed by atoms with Crippen LogP contribution in [0.15, 0.2) is 48.5 Å². The van der Waals surface area contributed by atoms with Gasteiger partial charge in [-0.3, -0.25) is 0 Å².